The van der Waals surface area contributed by atoms with Crippen molar-refractivity contribution in [3.05, 3.63) is 59.4 Å². The van der Waals surface area contributed by atoms with Gasteiger partial charge in [-0.25, -0.2) is 4.39 Å². The van der Waals surface area contributed by atoms with Crippen LogP contribution >= 0.6 is 0 Å². The van der Waals surface area contributed by atoms with Crippen LogP contribution in [0.1, 0.15) is 18.1 Å². The van der Waals surface area contributed by atoms with E-state index >= 15 is 0 Å². The lowest BCUT2D eigenvalue weighted by molar-refractivity contribution is -0.153. The second-order valence-corrected chi connectivity index (χ2v) is 5.35. The Balaban J connectivity index is 1.96. The lowest BCUT2D eigenvalue weighted by atomic mass is 10.2. The summed E-state index contributed by atoms with van der Waals surface area (Å²) in [7, 11) is 0. The Morgan fingerprint density at radius 3 is 2.16 bits per heavy atom. The van der Waals surface area contributed by atoms with Crippen LogP contribution in [-0.4, -0.2) is 19.4 Å². The average molecular weight is 357 g/mol. The van der Waals surface area contributed by atoms with Gasteiger partial charge < -0.3 is 14.8 Å². The molecule has 3 nitrogen and oxygen atoms in total. The maximum atomic E-state index is 12.8. The molecule has 0 heterocycles. The van der Waals surface area contributed by atoms with Gasteiger partial charge in [0.15, 0.2) is 18.1 Å². The van der Waals surface area contributed by atoms with Crippen molar-refractivity contribution in [2.75, 3.05) is 13.2 Å². The van der Waals surface area contributed by atoms with E-state index in [1.807, 2.05) is 0 Å². The van der Waals surface area contributed by atoms with E-state index in [0.717, 1.165) is 11.1 Å². The highest BCUT2D eigenvalue weighted by atomic mass is 19.4. The van der Waals surface area contributed by atoms with Gasteiger partial charge in [-0.1, -0.05) is 18.2 Å². The molecule has 0 aliphatic rings. The quantitative estimate of drug-likeness (QED) is 0.708. The number of benzene rings is 2. The molecule has 0 radical (unpaired) electrons. The van der Waals surface area contributed by atoms with Gasteiger partial charge in [0.05, 0.1) is 6.61 Å². The van der Waals surface area contributed by atoms with E-state index in [1.165, 1.54) is 18.2 Å². The average Bonchev–Trinajstić information content (AvgIpc) is 2.55. The maximum Gasteiger partial charge on any atom is 0.422 e. The van der Waals surface area contributed by atoms with Crippen molar-refractivity contribution in [2.24, 2.45) is 0 Å². The summed E-state index contributed by atoms with van der Waals surface area (Å²) in [5, 5.41) is 3.18. The smallest absolute Gasteiger partial charge is 0.422 e. The molecule has 0 bridgehead atoms. The van der Waals surface area contributed by atoms with E-state index in [4.69, 9.17) is 9.47 Å². The van der Waals surface area contributed by atoms with Crippen molar-refractivity contribution in [2.45, 2.75) is 26.2 Å². The van der Waals surface area contributed by atoms with Crippen LogP contribution in [0.2, 0.25) is 0 Å². The van der Waals surface area contributed by atoms with Crippen LogP contribution in [0.4, 0.5) is 17.6 Å². The molecule has 0 aliphatic carbocycles. The molecule has 0 aromatic heterocycles. The number of hydrogen-bond donors (Lipinski definition) is 1. The molecule has 0 atom stereocenters. The number of ether oxygens (including phenoxy) is 2. The van der Waals surface area contributed by atoms with E-state index in [2.05, 4.69) is 5.32 Å². The number of hydrogen-bond acceptors (Lipinski definition) is 3. The predicted molar refractivity (Wildman–Crippen MR) is 86.1 cm³/mol. The molecule has 136 valence electrons. The molecule has 0 amide bonds. The molecule has 2 aromatic rings. The summed E-state index contributed by atoms with van der Waals surface area (Å²) in [4.78, 5) is 0. The van der Waals surface area contributed by atoms with Gasteiger partial charge >= 0.3 is 6.18 Å². The summed E-state index contributed by atoms with van der Waals surface area (Å²) >= 11 is 0. The Bertz CT molecular complexity index is 672. The van der Waals surface area contributed by atoms with Gasteiger partial charge in [0.2, 0.25) is 0 Å². The van der Waals surface area contributed by atoms with Crippen LogP contribution in [0, 0.1) is 5.82 Å². The summed E-state index contributed by atoms with van der Waals surface area (Å²) in [6, 6.07) is 10.9. The van der Waals surface area contributed by atoms with Crippen molar-refractivity contribution in [1.82, 2.24) is 5.32 Å². The van der Waals surface area contributed by atoms with Gasteiger partial charge in [-0.15, -0.1) is 0 Å². The first-order valence-electron chi connectivity index (χ1n) is 7.78. The maximum absolute atomic E-state index is 12.8. The molecule has 2 aromatic carbocycles. The summed E-state index contributed by atoms with van der Waals surface area (Å²) in [6.07, 6.45) is -4.40. The van der Waals surface area contributed by atoms with E-state index in [1.54, 1.807) is 31.2 Å². The van der Waals surface area contributed by atoms with Gasteiger partial charge in [0.25, 0.3) is 0 Å². The summed E-state index contributed by atoms with van der Waals surface area (Å²) in [5.74, 6) is 0.0360. The fourth-order valence-corrected chi connectivity index (χ4v) is 2.16. The molecule has 0 spiro atoms. The van der Waals surface area contributed by atoms with Crippen LogP contribution in [0.3, 0.4) is 0 Å². The van der Waals surface area contributed by atoms with Gasteiger partial charge in [-0.3, -0.25) is 0 Å². The summed E-state index contributed by atoms with van der Waals surface area (Å²) < 4.78 is 59.9. The zero-order chi connectivity index (χ0) is 18.3. The fourth-order valence-electron chi connectivity index (χ4n) is 2.16. The van der Waals surface area contributed by atoms with Crippen LogP contribution < -0.4 is 14.8 Å². The molecule has 0 aliphatic heterocycles. The van der Waals surface area contributed by atoms with Gasteiger partial charge in [-0.05, 0) is 42.3 Å². The molecular weight excluding hydrogens is 338 g/mol. The van der Waals surface area contributed by atoms with Gasteiger partial charge in [0, 0.05) is 13.1 Å². The van der Waals surface area contributed by atoms with Crippen LogP contribution in [-0.2, 0) is 13.1 Å². The highest BCUT2D eigenvalue weighted by Gasteiger charge is 2.29. The molecule has 0 fully saturated rings. The Morgan fingerprint density at radius 1 is 0.880 bits per heavy atom. The largest absolute Gasteiger partial charge is 0.490 e. The second kappa shape index (κ2) is 8.71. The number of nitrogens with one attached hydrogen (secondary N) is 1. The highest BCUT2D eigenvalue weighted by Crippen LogP contribution is 2.30. The molecule has 0 saturated heterocycles. The normalized spacial score (nSPS) is 11.4. The van der Waals surface area contributed by atoms with Crippen molar-refractivity contribution >= 4 is 0 Å². The zero-order valence-corrected chi connectivity index (χ0v) is 13.7. The minimum Gasteiger partial charge on any atom is -0.490 e. The Labute approximate surface area is 143 Å². The third-order valence-electron chi connectivity index (χ3n) is 3.27. The fraction of sp³-hybridized carbons (Fsp3) is 0.333. The van der Waals surface area contributed by atoms with Crippen molar-refractivity contribution in [3.63, 3.8) is 0 Å². The Hall–Kier alpha value is -2.28. The lowest BCUT2D eigenvalue weighted by Gasteiger charge is -2.15. The summed E-state index contributed by atoms with van der Waals surface area (Å²) in [6.45, 7) is 1.71. The molecule has 0 saturated carbocycles. The van der Waals surface area contributed by atoms with Gasteiger partial charge in [-0.2, -0.15) is 13.2 Å². The molecular formula is C18H19F4NO2. The standard InChI is InChI=1S/C18H19F4NO2/c1-2-24-17-9-14(5-8-16(17)25-12-18(20,21)22)11-23-10-13-3-6-15(19)7-4-13/h3-9,23H,2,10-12H2,1H3. The highest BCUT2D eigenvalue weighted by molar-refractivity contribution is 5.43. The Kier molecular flexibility index (Phi) is 6.64. The van der Waals surface area contributed by atoms with Crippen LogP contribution in [0.25, 0.3) is 0 Å². The zero-order valence-electron chi connectivity index (χ0n) is 13.7. The second-order valence-electron chi connectivity index (χ2n) is 5.35. The SMILES string of the molecule is CCOc1cc(CNCc2ccc(F)cc2)ccc1OCC(F)(F)F. The van der Waals surface area contributed by atoms with Crippen molar-refractivity contribution in [1.29, 1.82) is 0 Å². The molecule has 25 heavy (non-hydrogen) atoms. The van der Waals surface area contributed by atoms with E-state index in [-0.39, 0.29) is 17.3 Å². The first-order chi connectivity index (χ1) is 11.9. The molecule has 2 rings (SSSR count). The minimum atomic E-state index is -4.40. The van der Waals surface area contributed by atoms with Gasteiger partial charge in [0.1, 0.15) is 5.82 Å². The number of alkyl halides is 3. The number of rotatable bonds is 8. The van der Waals surface area contributed by atoms with E-state index < -0.39 is 12.8 Å². The van der Waals surface area contributed by atoms with Crippen molar-refractivity contribution in [3.8, 4) is 11.5 Å². The van der Waals surface area contributed by atoms with Crippen LogP contribution in [0.5, 0.6) is 11.5 Å². The summed E-state index contributed by atoms with van der Waals surface area (Å²) in [5.41, 5.74) is 1.77. The molecule has 0 unspecified atom stereocenters. The first-order valence-corrected chi connectivity index (χ1v) is 7.78. The van der Waals surface area contributed by atoms with Crippen LogP contribution in [0.15, 0.2) is 42.5 Å². The van der Waals surface area contributed by atoms with E-state index in [9.17, 15) is 17.6 Å². The minimum absolute atomic E-state index is 0.0569. The number of halogens is 4. The van der Waals surface area contributed by atoms with E-state index in [0.29, 0.717) is 19.7 Å². The Morgan fingerprint density at radius 2 is 1.52 bits per heavy atom. The first kappa shape index (κ1) is 19.1. The monoisotopic (exact) mass is 357 g/mol. The third-order valence-corrected chi connectivity index (χ3v) is 3.27. The predicted octanol–water partition coefficient (Wildman–Crippen LogP) is 4.46. The molecule has 1 N–H and O–H groups in total. The third kappa shape index (κ3) is 6.62. The topological polar surface area (TPSA) is 30.5 Å². The molecule has 7 heteroatoms. The lowest BCUT2D eigenvalue weighted by Crippen LogP contribution is -2.19. The van der Waals surface area contributed by atoms with Crippen molar-refractivity contribution < 1.29 is 27.0 Å².